The number of anilines is 1. The van der Waals surface area contributed by atoms with E-state index >= 15 is 0 Å². The molecule has 6 nitrogen and oxygen atoms in total. The van der Waals surface area contributed by atoms with Crippen molar-refractivity contribution in [2.75, 3.05) is 18.4 Å². The van der Waals surface area contributed by atoms with Gasteiger partial charge in [-0.15, -0.1) is 11.3 Å². The number of esters is 1. The summed E-state index contributed by atoms with van der Waals surface area (Å²) < 4.78 is 5.38. The Morgan fingerprint density at radius 1 is 1.07 bits per heavy atom. The lowest BCUT2D eigenvalue weighted by molar-refractivity contribution is 0.0379. The van der Waals surface area contributed by atoms with Crippen molar-refractivity contribution in [3.8, 4) is 0 Å². The lowest BCUT2D eigenvalue weighted by Crippen LogP contribution is -2.30. The fourth-order valence-electron chi connectivity index (χ4n) is 3.04. The Morgan fingerprint density at radius 2 is 1.70 bits per heavy atom. The van der Waals surface area contributed by atoms with E-state index < -0.39 is 5.97 Å². The molecule has 0 aliphatic rings. The van der Waals surface area contributed by atoms with Crippen LogP contribution in [0.5, 0.6) is 0 Å². The van der Waals surface area contributed by atoms with E-state index in [1.807, 2.05) is 33.8 Å². The maximum absolute atomic E-state index is 12.9. The monoisotopic (exact) mass is 430 g/mol. The first-order chi connectivity index (χ1) is 14.1. The summed E-state index contributed by atoms with van der Waals surface area (Å²) in [7, 11) is 0. The van der Waals surface area contributed by atoms with E-state index in [1.165, 1.54) is 0 Å². The molecule has 1 aromatic heterocycles. The highest BCUT2D eigenvalue weighted by molar-refractivity contribution is 7.18. The van der Waals surface area contributed by atoms with Crippen molar-refractivity contribution in [1.29, 1.82) is 0 Å². The third kappa shape index (κ3) is 5.08. The number of nitrogens with zero attached hydrogens (tertiary/aromatic N) is 1. The van der Waals surface area contributed by atoms with Crippen LogP contribution in [0.2, 0.25) is 0 Å². The van der Waals surface area contributed by atoms with E-state index in [0.29, 0.717) is 34.1 Å². The summed E-state index contributed by atoms with van der Waals surface area (Å²) in [5, 5.41) is 3.16. The van der Waals surface area contributed by atoms with Crippen molar-refractivity contribution in [1.82, 2.24) is 4.90 Å². The molecule has 2 amide bonds. The van der Waals surface area contributed by atoms with Gasteiger partial charge in [0.1, 0.15) is 5.00 Å². The third-order valence-electron chi connectivity index (χ3n) is 4.93. The fourth-order valence-corrected chi connectivity index (χ4v) is 4.19. The minimum atomic E-state index is -0.548. The number of hydrogen-bond acceptors (Lipinski definition) is 5. The largest absolute Gasteiger partial charge is 0.459 e. The molecular formula is C23H30N2O4S. The van der Waals surface area contributed by atoms with Crippen LogP contribution < -0.4 is 5.32 Å². The second-order valence-corrected chi connectivity index (χ2v) is 8.47. The van der Waals surface area contributed by atoms with Gasteiger partial charge >= 0.3 is 5.97 Å². The SMILES string of the molecule is CCN(CC)C(=O)c1sc(NC(=O)c2ccc(C)c(C)c2)c(C(=O)OC(C)C)c1C. The first kappa shape index (κ1) is 23.6. The number of amides is 2. The number of thiophene rings is 1. The van der Waals surface area contributed by atoms with E-state index in [1.54, 1.807) is 37.8 Å². The van der Waals surface area contributed by atoms with Crippen LogP contribution in [0, 0.1) is 20.8 Å². The van der Waals surface area contributed by atoms with Gasteiger partial charge in [0.25, 0.3) is 11.8 Å². The van der Waals surface area contributed by atoms with E-state index in [9.17, 15) is 14.4 Å². The van der Waals surface area contributed by atoms with Crippen LogP contribution in [0.1, 0.15) is 74.8 Å². The van der Waals surface area contributed by atoms with Crippen LogP contribution in [-0.4, -0.2) is 41.9 Å². The average molecular weight is 431 g/mol. The normalized spacial score (nSPS) is 10.8. The minimum absolute atomic E-state index is 0.159. The van der Waals surface area contributed by atoms with Crippen molar-refractivity contribution < 1.29 is 19.1 Å². The van der Waals surface area contributed by atoms with Gasteiger partial charge in [-0.2, -0.15) is 0 Å². The zero-order valence-corrected chi connectivity index (χ0v) is 19.5. The number of carbonyl (C=O) groups is 3. The molecule has 0 saturated heterocycles. The molecule has 0 aliphatic heterocycles. The maximum atomic E-state index is 12.9. The van der Waals surface area contributed by atoms with Gasteiger partial charge in [-0.1, -0.05) is 6.07 Å². The summed E-state index contributed by atoms with van der Waals surface area (Å²) in [6.45, 7) is 14.1. The first-order valence-electron chi connectivity index (χ1n) is 10.1. The zero-order chi connectivity index (χ0) is 22.6. The zero-order valence-electron chi connectivity index (χ0n) is 18.7. The number of rotatable bonds is 7. The molecule has 30 heavy (non-hydrogen) atoms. The number of hydrogen-bond donors (Lipinski definition) is 1. The number of benzene rings is 1. The molecular weight excluding hydrogens is 400 g/mol. The molecule has 1 aromatic carbocycles. The second-order valence-electron chi connectivity index (χ2n) is 7.44. The van der Waals surface area contributed by atoms with Crippen molar-refractivity contribution in [3.05, 3.63) is 50.9 Å². The van der Waals surface area contributed by atoms with E-state index in [-0.39, 0.29) is 23.5 Å². The van der Waals surface area contributed by atoms with E-state index in [4.69, 9.17) is 4.74 Å². The minimum Gasteiger partial charge on any atom is -0.459 e. The van der Waals surface area contributed by atoms with Gasteiger partial charge < -0.3 is 15.0 Å². The Hall–Kier alpha value is -2.67. The van der Waals surface area contributed by atoms with Gasteiger partial charge in [0.05, 0.1) is 16.5 Å². The molecule has 2 aromatic rings. The average Bonchev–Trinajstić information content (AvgIpc) is 3.00. The fraction of sp³-hybridized carbons (Fsp3) is 0.435. The van der Waals surface area contributed by atoms with Crippen molar-refractivity contribution in [3.63, 3.8) is 0 Å². The Bertz CT molecular complexity index is 958. The van der Waals surface area contributed by atoms with Crippen LogP contribution >= 0.6 is 11.3 Å². The van der Waals surface area contributed by atoms with Crippen LogP contribution in [0.4, 0.5) is 5.00 Å². The molecule has 162 valence electrons. The summed E-state index contributed by atoms with van der Waals surface area (Å²) in [6.07, 6.45) is -0.318. The van der Waals surface area contributed by atoms with Crippen molar-refractivity contribution in [2.45, 2.75) is 54.6 Å². The molecule has 2 rings (SSSR count). The highest BCUT2D eigenvalue weighted by Gasteiger charge is 2.29. The smallest absolute Gasteiger partial charge is 0.341 e. The number of aryl methyl sites for hydroxylation is 2. The number of ether oxygens (including phenoxy) is 1. The van der Waals surface area contributed by atoms with Gasteiger partial charge in [0, 0.05) is 18.7 Å². The maximum Gasteiger partial charge on any atom is 0.341 e. The van der Waals surface area contributed by atoms with Gasteiger partial charge in [0.15, 0.2) is 0 Å². The number of carbonyl (C=O) groups excluding carboxylic acids is 3. The highest BCUT2D eigenvalue weighted by Crippen LogP contribution is 2.35. The summed E-state index contributed by atoms with van der Waals surface area (Å²) in [5.41, 5.74) is 3.34. The number of nitrogens with one attached hydrogen (secondary N) is 1. The Balaban J connectivity index is 2.48. The van der Waals surface area contributed by atoms with Crippen LogP contribution in [0.15, 0.2) is 18.2 Å². The summed E-state index contributed by atoms with van der Waals surface area (Å²) in [5.74, 6) is -1.04. The third-order valence-corrected chi connectivity index (χ3v) is 6.13. The summed E-state index contributed by atoms with van der Waals surface area (Å²) in [6, 6.07) is 5.43. The van der Waals surface area contributed by atoms with Crippen LogP contribution in [-0.2, 0) is 4.74 Å². The Labute approximate surface area is 182 Å². The molecule has 0 aliphatic carbocycles. The van der Waals surface area contributed by atoms with Gasteiger partial charge in [0.2, 0.25) is 0 Å². The molecule has 1 N–H and O–H groups in total. The lowest BCUT2D eigenvalue weighted by atomic mass is 10.1. The van der Waals surface area contributed by atoms with Crippen LogP contribution in [0.25, 0.3) is 0 Å². The topological polar surface area (TPSA) is 75.7 Å². The molecule has 0 atom stereocenters. The molecule has 7 heteroatoms. The summed E-state index contributed by atoms with van der Waals surface area (Å²) in [4.78, 5) is 40.7. The predicted molar refractivity (Wildman–Crippen MR) is 121 cm³/mol. The second kappa shape index (κ2) is 9.89. The quantitative estimate of drug-likeness (QED) is 0.629. The van der Waals surface area contributed by atoms with Crippen molar-refractivity contribution >= 4 is 34.1 Å². The molecule has 1 heterocycles. The van der Waals surface area contributed by atoms with Crippen molar-refractivity contribution in [2.24, 2.45) is 0 Å². The van der Waals surface area contributed by atoms with Gasteiger partial charge in [-0.25, -0.2) is 4.79 Å². The molecule has 0 saturated carbocycles. The highest BCUT2D eigenvalue weighted by atomic mass is 32.1. The molecule has 0 unspecified atom stereocenters. The Kier molecular flexibility index (Phi) is 7.78. The molecule has 0 radical (unpaired) electrons. The van der Waals surface area contributed by atoms with Gasteiger partial charge in [-0.05, 0) is 77.3 Å². The molecule has 0 bridgehead atoms. The van der Waals surface area contributed by atoms with E-state index in [0.717, 1.165) is 22.5 Å². The molecule has 0 spiro atoms. The lowest BCUT2D eigenvalue weighted by Gasteiger charge is -2.18. The summed E-state index contributed by atoms with van der Waals surface area (Å²) >= 11 is 1.12. The van der Waals surface area contributed by atoms with Crippen LogP contribution in [0.3, 0.4) is 0 Å². The molecule has 0 fully saturated rings. The standard InChI is InChI=1S/C23H30N2O4S/c1-8-25(9-2)22(27)19-16(7)18(23(28)29-13(3)4)21(30-19)24-20(26)17-11-10-14(5)15(6)12-17/h10-13H,8-9H2,1-7H3,(H,24,26). The van der Waals surface area contributed by atoms with E-state index in [2.05, 4.69) is 5.32 Å². The van der Waals surface area contributed by atoms with Gasteiger partial charge in [-0.3, -0.25) is 9.59 Å². The Morgan fingerprint density at radius 3 is 2.23 bits per heavy atom. The first-order valence-corrected chi connectivity index (χ1v) is 10.9. The predicted octanol–water partition coefficient (Wildman–Crippen LogP) is 4.97.